The largest absolute Gasteiger partial charge is 0.379 e. The van der Waals surface area contributed by atoms with E-state index in [-0.39, 0.29) is 5.60 Å². The van der Waals surface area contributed by atoms with Crippen LogP contribution >= 0.6 is 0 Å². The summed E-state index contributed by atoms with van der Waals surface area (Å²) in [7, 11) is 3.76. The first-order valence-corrected chi connectivity index (χ1v) is 5.34. The molecule has 0 rings (SSSR count). The van der Waals surface area contributed by atoms with Gasteiger partial charge in [0.2, 0.25) is 0 Å². The molecule has 0 spiro atoms. The molecule has 0 amide bonds. The molecule has 1 unspecified atom stereocenters. The summed E-state index contributed by atoms with van der Waals surface area (Å²) in [6, 6.07) is 0.470. The highest BCUT2D eigenvalue weighted by atomic mass is 16.5. The second-order valence-corrected chi connectivity index (χ2v) is 4.46. The summed E-state index contributed by atoms with van der Waals surface area (Å²) in [5, 5.41) is 3.32. The maximum Gasteiger partial charge on any atom is 0.0637 e. The highest BCUT2D eigenvalue weighted by Gasteiger charge is 2.21. The Morgan fingerprint density at radius 3 is 2.43 bits per heavy atom. The normalized spacial score (nSPS) is 14.1. The molecule has 0 radical (unpaired) electrons. The molecule has 0 fully saturated rings. The second-order valence-electron chi connectivity index (χ2n) is 4.46. The lowest BCUT2D eigenvalue weighted by Gasteiger charge is -2.28. The van der Waals surface area contributed by atoms with E-state index in [2.05, 4.69) is 32.7 Å². The van der Waals surface area contributed by atoms with Crippen LogP contribution in [0, 0.1) is 0 Å². The molecule has 0 aromatic heterocycles. The number of rotatable bonds is 7. The summed E-state index contributed by atoms with van der Waals surface area (Å²) in [5.41, 5.74) is 1.25. The van der Waals surface area contributed by atoms with E-state index < -0.39 is 0 Å². The fourth-order valence-electron chi connectivity index (χ4n) is 1.45. The zero-order valence-electron chi connectivity index (χ0n) is 10.3. The van der Waals surface area contributed by atoms with E-state index in [9.17, 15) is 0 Å². The number of nitrogens with one attached hydrogen (secondary N) is 1. The van der Waals surface area contributed by atoms with Crippen molar-refractivity contribution in [2.75, 3.05) is 14.2 Å². The van der Waals surface area contributed by atoms with Crippen LogP contribution in [0.25, 0.3) is 0 Å². The Balaban J connectivity index is 4.09. The van der Waals surface area contributed by atoms with Crippen molar-refractivity contribution in [3.05, 3.63) is 12.2 Å². The van der Waals surface area contributed by atoms with Crippen molar-refractivity contribution in [1.82, 2.24) is 5.32 Å². The predicted octanol–water partition coefficient (Wildman–Crippen LogP) is 2.75. The molecule has 0 aliphatic heterocycles. The van der Waals surface area contributed by atoms with Crippen molar-refractivity contribution in [2.45, 2.75) is 51.7 Å². The molecule has 1 N–H and O–H groups in total. The summed E-state index contributed by atoms with van der Waals surface area (Å²) in [6.07, 6.45) is 3.12. The Morgan fingerprint density at radius 2 is 2.07 bits per heavy atom. The molecule has 0 bridgehead atoms. The molecule has 2 nitrogen and oxygen atoms in total. The van der Waals surface area contributed by atoms with Gasteiger partial charge in [-0.1, -0.05) is 19.1 Å². The summed E-state index contributed by atoms with van der Waals surface area (Å²) in [5.74, 6) is 0. The van der Waals surface area contributed by atoms with E-state index in [0.29, 0.717) is 6.04 Å². The number of ether oxygens (including phenoxy) is 1. The van der Waals surface area contributed by atoms with Gasteiger partial charge in [-0.3, -0.25) is 0 Å². The van der Waals surface area contributed by atoms with E-state index in [0.717, 1.165) is 19.3 Å². The van der Waals surface area contributed by atoms with Gasteiger partial charge in [0.15, 0.2) is 0 Å². The van der Waals surface area contributed by atoms with Gasteiger partial charge >= 0.3 is 0 Å². The number of methoxy groups -OCH3 is 1. The zero-order valence-corrected chi connectivity index (χ0v) is 10.3. The summed E-state index contributed by atoms with van der Waals surface area (Å²) in [6.45, 7) is 10.4. The van der Waals surface area contributed by atoms with Crippen molar-refractivity contribution in [3.8, 4) is 0 Å². The molecular weight excluding hydrogens is 174 g/mol. The third-order valence-electron chi connectivity index (χ3n) is 2.73. The van der Waals surface area contributed by atoms with Crippen LogP contribution in [0.1, 0.15) is 40.0 Å². The number of hydrogen-bond donors (Lipinski definition) is 1. The lowest BCUT2D eigenvalue weighted by Crippen LogP contribution is -2.36. The van der Waals surface area contributed by atoms with Crippen molar-refractivity contribution in [2.24, 2.45) is 0 Å². The van der Waals surface area contributed by atoms with E-state index in [1.54, 1.807) is 7.11 Å². The van der Waals surface area contributed by atoms with Crippen LogP contribution in [0.5, 0.6) is 0 Å². The van der Waals surface area contributed by atoms with Gasteiger partial charge in [-0.15, -0.1) is 0 Å². The van der Waals surface area contributed by atoms with E-state index in [4.69, 9.17) is 4.74 Å². The van der Waals surface area contributed by atoms with Gasteiger partial charge in [0.1, 0.15) is 0 Å². The van der Waals surface area contributed by atoms with E-state index in [1.165, 1.54) is 5.57 Å². The van der Waals surface area contributed by atoms with Gasteiger partial charge in [0.25, 0.3) is 0 Å². The van der Waals surface area contributed by atoms with E-state index >= 15 is 0 Å². The van der Waals surface area contributed by atoms with Crippen LogP contribution in [0.4, 0.5) is 0 Å². The first-order valence-electron chi connectivity index (χ1n) is 5.34. The predicted molar refractivity (Wildman–Crippen MR) is 62.6 cm³/mol. The van der Waals surface area contributed by atoms with Crippen molar-refractivity contribution in [1.29, 1.82) is 0 Å². The molecule has 2 heteroatoms. The Hall–Kier alpha value is -0.340. The fourth-order valence-corrected chi connectivity index (χ4v) is 1.45. The third-order valence-corrected chi connectivity index (χ3v) is 2.73. The summed E-state index contributed by atoms with van der Waals surface area (Å²) in [4.78, 5) is 0. The van der Waals surface area contributed by atoms with Crippen molar-refractivity contribution < 1.29 is 4.74 Å². The lowest BCUT2D eigenvalue weighted by atomic mass is 9.94. The average molecular weight is 199 g/mol. The second kappa shape index (κ2) is 6.20. The highest BCUT2D eigenvalue weighted by Crippen LogP contribution is 2.19. The standard InChI is InChI=1S/C12H25NO/c1-7-10(2)8-11(13-5)9-12(3,4)14-6/h11,13H,2,7-9H2,1,3-6H3. The molecular formula is C12H25NO. The average Bonchev–Trinajstić information content (AvgIpc) is 2.16. The van der Waals surface area contributed by atoms with Crippen molar-refractivity contribution >= 4 is 0 Å². The molecule has 1 atom stereocenters. The minimum Gasteiger partial charge on any atom is -0.379 e. The van der Waals surface area contributed by atoms with Crippen LogP contribution in [0.3, 0.4) is 0 Å². The first-order chi connectivity index (χ1) is 6.45. The van der Waals surface area contributed by atoms with Crippen LogP contribution in [0.2, 0.25) is 0 Å². The van der Waals surface area contributed by atoms with Crippen LogP contribution < -0.4 is 5.32 Å². The Kier molecular flexibility index (Phi) is 6.05. The molecule has 0 saturated carbocycles. The van der Waals surface area contributed by atoms with Crippen LogP contribution in [0.15, 0.2) is 12.2 Å². The van der Waals surface area contributed by atoms with Gasteiger partial charge in [-0.2, -0.15) is 0 Å². The van der Waals surface area contributed by atoms with Crippen LogP contribution in [-0.4, -0.2) is 25.8 Å². The van der Waals surface area contributed by atoms with Gasteiger partial charge in [0.05, 0.1) is 5.60 Å². The topological polar surface area (TPSA) is 21.3 Å². The van der Waals surface area contributed by atoms with Gasteiger partial charge < -0.3 is 10.1 Å². The smallest absolute Gasteiger partial charge is 0.0637 e. The van der Waals surface area contributed by atoms with E-state index in [1.807, 2.05) is 7.05 Å². The Morgan fingerprint density at radius 1 is 1.50 bits per heavy atom. The molecule has 0 aromatic carbocycles. The minimum atomic E-state index is -0.0539. The molecule has 0 aliphatic rings. The molecule has 0 saturated heterocycles. The monoisotopic (exact) mass is 199 g/mol. The van der Waals surface area contributed by atoms with Gasteiger partial charge in [-0.05, 0) is 40.2 Å². The lowest BCUT2D eigenvalue weighted by molar-refractivity contribution is 0.00770. The minimum absolute atomic E-state index is 0.0539. The van der Waals surface area contributed by atoms with Gasteiger partial charge in [0, 0.05) is 13.2 Å². The molecule has 0 aromatic rings. The SMILES string of the molecule is C=C(CC)CC(CC(C)(C)OC)NC. The number of hydrogen-bond acceptors (Lipinski definition) is 2. The Bertz CT molecular complexity index is 175. The maximum atomic E-state index is 5.42. The quantitative estimate of drug-likeness (QED) is 0.637. The fraction of sp³-hybridized carbons (Fsp3) is 0.833. The molecule has 0 heterocycles. The molecule has 14 heavy (non-hydrogen) atoms. The maximum absolute atomic E-state index is 5.42. The van der Waals surface area contributed by atoms with Crippen molar-refractivity contribution in [3.63, 3.8) is 0 Å². The Labute approximate surface area is 88.7 Å². The first kappa shape index (κ1) is 13.7. The summed E-state index contributed by atoms with van der Waals surface area (Å²) >= 11 is 0. The highest BCUT2D eigenvalue weighted by molar-refractivity contribution is 4.97. The zero-order chi connectivity index (χ0) is 11.2. The molecule has 84 valence electrons. The van der Waals surface area contributed by atoms with Gasteiger partial charge in [-0.25, -0.2) is 0 Å². The van der Waals surface area contributed by atoms with Crippen LogP contribution in [-0.2, 0) is 4.74 Å². The molecule has 0 aliphatic carbocycles. The summed E-state index contributed by atoms with van der Waals surface area (Å²) < 4.78 is 5.42. The third kappa shape index (κ3) is 5.40.